The summed E-state index contributed by atoms with van der Waals surface area (Å²) in [5, 5.41) is 6.53. The Morgan fingerprint density at radius 1 is 1.17 bits per heavy atom. The van der Waals surface area contributed by atoms with Crippen molar-refractivity contribution in [3.8, 4) is 0 Å². The summed E-state index contributed by atoms with van der Waals surface area (Å²) < 4.78 is 1.07. The van der Waals surface area contributed by atoms with Crippen molar-refractivity contribution in [3.05, 3.63) is 59.4 Å². The van der Waals surface area contributed by atoms with Crippen molar-refractivity contribution in [3.63, 3.8) is 0 Å². The first kappa shape index (κ1) is 17.8. The number of fused-ring (bicyclic) bond motifs is 1. The second-order valence-electron chi connectivity index (χ2n) is 7.38. The summed E-state index contributed by atoms with van der Waals surface area (Å²) in [7, 11) is 0. The number of thiazole rings is 1. The average molecular weight is 404 g/mol. The van der Waals surface area contributed by atoms with E-state index in [9.17, 15) is 4.79 Å². The van der Waals surface area contributed by atoms with Gasteiger partial charge in [-0.3, -0.25) is 4.79 Å². The zero-order valence-electron chi connectivity index (χ0n) is 15.7. The van der Waals surface area contributed by atoms with Gasteiger partial charge in [0, 0.05) is 35.9 Å². The summed E-state index contributed by atoms with van der Waals surface area (Å²) in [6.07, 6.45) is 10.2. The van der Waals surface area contributed by atoms with Crippen LogP contribution < -0.4 is 16.4 Å². The number of allylic oxidation sites excluding steroid dienone is 2. The second-order valence-corrected chi connectivity index (χ2v) is 8.27. The lowest BCUT2D eigenvalue weighted by Crippen LogP contribution is -2.46. The van der Waals surface area contributed by atoms with E-state index in [1.54, 1.807) is 23.7 Å². The van der Waals surface area contributed by atoms with Crippen LogP contribution in [0.15, 0.2) is 53.8 Å². The highest BCUT2D eigenvalue weighted by atomic mass is 32.1. The number of hydrogen-bond donors (Lipinski definition) is 3. The molecule has 4 N–H and O–H groups in total. The average Bonchev–Trinajstić information content (AvgIpc) is 3.16. The number of nitrogens with zero attached hydrogens (tertiary/aromatic N) is 3. The third-order valence-electron chi connectivity index (χ3n) is 5.75. The van der Waals surface area contributed by atoms with Gasteiger partial charge in [-0.2, -0.15) is 0 Å². The molecule has 0 saturated heterocycles. The molecule has 1 aliphatic heterocycles. The fourth-order valence-electron chi connectivity index (χ4n) is 3.90. The summed E-state index contributed by atoms with van der Waals surface area (Å²) in [5.74, 6) is 0.316. The van der Waals surface area contributed by atoms with Gasteiger partial charge in [-0.25, -0.2) is 15.0 Å². The van der Waals surface area contributed by atoms with E-state index in [2.05, 4.69) is 31.7 Å². The van der Waals surface area contributed by atoms with Crippen molar-refractivity contribution in [2.24, 2.45) is 5.41 Å². The third-order valence-corrected chi connectivity index (χ3v) is 6.54. The zero-order chi connectivity index (χ0) is 19.8. The third kappa shape index (κ3) is 3.15. The Balaban J connectivity index is 1.38. The van der Waals surface area contributed by atoms with Gasteiger partial charge in [-0.15, -0.1) is 11.3 Å². The predicted octanol–water partition coefficient (Wildman–Crippen LogP) is 3.35. The van der Waals surface area contributed by atoms with Gasteiger partial charge in [0.05, 0.1) is 21.1 Å². The topological polar surface area (TPSA) is 106 Å². The van der Waals surface area contributed by atoms with Crippen LogP contribution in [0.25, 0.3) is 15.9 Å². The van der Waals surface area contributed by atoms with Crippen LogP contribution in [0, 0.1) is 5.41 Å². The number of benzene rings is 1. The molecule has 0 bridgehead atoms. The lowest BCUT2D eigenvalue weighted by Gasteiger charge is -2.43. The molecule has 1 aromatic carbocycles. The summed E-state index contributed by atoms with van der Waals surface area (Å²) in [5.41, 5.74) is 11.6. The van der Waals surface area contributed by atoms with Crippen molar-refractivity contribution in [1.82, 2.24) is 20.3 Å². The van der Waals surface area contributed by atoms with Gasteiger partial charge >= 0.3 is 0 Å². The van der Waals surface area contributed by atoms with E-state index in [1.165, 1.54) is 0 Å². The molecule has 2 aliphatic rings. The lowest BCUT2D eigenvalue weighted by atomic mass is 9.62. The minimum atomic E-state index is -0.449. The normalized spacial score (nSPS) is 17.7. The molecule has 5 rings (SSSR count). The molecule has 0 radical (unpaired) electrons. The number of carbonyl (C=O) groups excluding carboxylic acids is 1. The van der Waals surface area contributed by atoms with Crippen molar-refractivity contribution in [2.75, 3.05) is 17.6 Å². The lowest BCUT2D eigenvalue weighted by molar-refractivity contribution is -0.127. The molecule has 1 aliphatic carbocycles. The summed E-state index contributed by atoms with van der Waals surface area (Å²) in [4.78, 5) is 25.6. The molecule has 1 saturated carbocycles. The van der Waals surface area contributed by atoms with Gasteiger partial charge in [0.1, 0.15) is 0 Å². The maximum Gasteiger partial charge on any atom is 0.234 e. The SMILES string of the molecule is Nc1ncc(C2=CC=C(C3(C(=O)Nc4ccc5ncsc5c4)CCC3)CN2)cn1. The Kier molecular flexibility index (Phi) is 4.28. The Morgan fingerprint density at radius 2 is 2.00 bits per heavy atom. The number of nitrogen functional groups attached to an aromatic ring is 1. The van der Waals surface area contributed by atoms with E-state index in [0.717, 1.165) is 52.0 Å². The quantitative estimate of drug-likeness (QED) is 0.616. The number of hydrogen-bond acceptors (Lipinski definition) is 7. The Morgan fingerprint density at radius 3 is 2.69 bits per heavy atom. The zero-order valence-corrected chi connectivity index (χ0v) is 16.5. The first-order valence-corrected chi connectivity index (χ1v) is 10.4. The van der Waals surface area contributed by atoms with Crippen LogP contribution >= 0.6 is 11.3 Å². The molecule has 0 unspecified atom stereocenters. The van der Waals surface area contributed by atoms with Crippen LogP contribution in [-0.4, -0.2) is 27.4 Å². The van der Waals surface area contributed by atoms with Crippen LogP contribution in [0.3, 0.4) is 0 Å². The highest BCUT2D eigenvalue weighted by Crippen LogP contribution is 2.48. The van der Waals surface area contributed by atoms with Crippen molar-refractivity contribution in [1.29, 1.82) is 0 Å². The predicted molar refractivity (Wildman–Crippen MR) is 115 cm³/mol. The number of dihydropyridines is 1. The minimum absolute atomic E-state index is 0.0633. The molecule has 2 aromatic heterocycles. The molecule has 29 heavy (non-hydrogen) atoms. The van der Waals surface area contributed by atoms with E-state index in [0.29, 0.717) is 6.54 Å². The summed E-state index contributed by atoms with van der Waals surface area (Å²) in [6.45, 7) is 0.623. The van der Waals surface area contributed by atoms with Gasteiger partial charge in [-0.05, 0) is 42.7 Å². The summed E-state index contributed by atoms with van der Waals surface area (Å²) >= 11 is 1.57. The minimum Gasteiger partial charge on any atom is -0.381 e. The molecule has 3 heterocycles. The van der Waals surface area contributed by atoms with Crippen molar-refractivity contribution in [2.45, 2.75) is 19.3 Å². The highest BCUT2D eigenvalue weighted by Gasteiger charge is 2.47. The van der Waals surface area contributed by atoms with Crippen LogP contribution in [0.5, 0.6) is 0 Å². The smallest absolute Gasteiger partial charge is 0.234 e. The largest absolute Gasteiger partial charge is 0.381 e. The first-order valence-electron chi connectivity index (χ1n) is 9.52. The summed E-state index contributed by atoms with van der Waals surface area (Å²) in [6, 6.07) is 5.85. The monoisotopic (exact) mass is 404 g/mol. The maximum absolute atomic E-state index is 13.2. The van der Waals surface area contributed by atoms with E-state index in [4.69, 9.17) is 5.73 Å². The van der Waals surface area contributed by atoms with Crippen LogP contribution in [0.4, 0.5) is 11.6 Å². The number of anilines is 2. The van der Waals surface area contributed by atoms with E-state index < -0.39 is 5.41 Å². The first-order chi connectivity index (χ1) is 14.1. The van der Waals surface area contributed by atoms with Gasteiger partial charge in [-0.1, -0.05) is 12.5 Å². The number of nitrogens with two attached hydrogens (primary N) is 1. The number of carbonyl (C=O) groups is 1. The Hall–Kier alpha value is -3.26. The fraction of sp³-hybridized carbons (Fsp3) is 0.238. The van der Waals surface area contributed by atoms with Gasteiger partial charge < -0.3 is 16.4 Å². The molecule has 8 heteroatoms. The van der Waals surface area contributed by atoms with Crippen LogP contribution in [0.2, 0.25) is 0 Å². The van der Waals surface area contributed by atoms with Crippen LogP contribution in [0.1, 0.15) is 24.8 Å². The molecule has 3 aromatic rings. The molecule has 1 amide bonds. The fourth-order valence-corrected chi connectivity index (χ4v) is 4.62. The Bertz CT molecular complexity index is 1140. The molecular weight excluding hydrogens is 384 g/mol. The number of amides is 1. The molecule has 146 valence electrons. The number of nitrogens with one attached hydrogen (secondary N) is 2. The molecular formula is C21H20N6OS. The molecule has 7 nitrogen and oxygen atoms in total. The second kappa shape index (κ2) is 6.97. The van der Waals surface area contributed by atoms with Crippen LogP contribution in [-0.2, 0) is 4.79 Å². The van der Waals surface area contributed by atoms with Gasteiger partial charge in [0.2, 0.25) is 11.9 Å². The van der Waals surface area contributed by atoms with Gasteiger partial charge in [0.15, 0.2) is 0 Å². The van der Waals surface area contributed by atoms with E-state index in [1.807, 2.05) is 29.8 Å². The maximum atomic E-state index is 13.2. The standard InChI is InChI=1S/C21H20N6OS/c22-20-24-9-13(10-25-20)16-4-2-14(11-23-16)21(6-1-7-21)19(28)27-15-3-5-17-18(8-15)29-12-26-17/h2-5,8-10,12,23H,1,6-7,11H2,(H,27,28)(H2,22,24,25). The van der Waals surface area contributed by atoms with Crippen molar-refractivity contribution < 1.29 is 4.79 Å². The molecule has 1 fully saturated rings. The molecule has 0 atom stereocenters. The molecule has 0 spiro atoms. The highest BCUT2D eigenvalue weighted by molar-refractivity contribution is 7.16. The number of rotatable bonds is 4. The van der Waals surface area contributed by atoms with E-state index >= 15 is 0 Å². The number of aromatic nitrogens is 3. The Labute approximate surface area is 171 Å². The van der Waals surface area contributed by atoms with Gasteiger partial charge in [0.25, 0.3) is 0 Å². The van der Waals surface area contributed by atoms with Crippen molar-refractivity contribution >= 4 is 44.8 Å². The van der Waals surface area contributed by atoms with E-state index in [-0.39, 0.29) is 11.9 Å².